The van der Waals surface area contributed by atoms with Gasteiger partial charge in [-0.2, -0.15) is 0 Å². The molecule has 100 valence electrons. The van der Waals surface area contributed by atoms with Gasteiger partial charge in [-0.05, 0) is 17.7 Å². The first kappa shape index (κ1) is 14.0. The van der Waals surface area contributed by atoms with Gasteiger partial charge < -0.3 is 10.1 Å². The molecule has 0 saturated carbocycles. The Morgan fingerprint density at radius 1 is 1.11 bits per heavy atom. The van der Waals surface area contributed by atoms with Gasteiger partial charge in [0.1, 0.15) is 18.2 Å². The Balaban J connectivity index is 1.69. The zero-order valence-corrected chi connectivity index (χ0v) is 12.0. The summed E-state index contributed by atoms with van der Waals surface area (Å²) in [5, 5.41) is 3.27. The highest BCUT2D eigenvalue weighted by molar-refractivity contribution is 9.10. The molecule has 0 unspecified atom stereocenters. The molecule has 0 aliphatic rings. The fraction of sp³-hybridized carbons (Fsp3) is 0.200. The Hall–Kier alpha value is -1.39. The van der Waals surface area contributed by atoms with Crippen molar-refractivity contribution in [3.63, 3.8) is 0 Å². The Bertz CT molecular complexity index is 499. The second-order valence-corrected chi connectivity index (χ2v) is 5.03. The van der Waals surface area contributed by atoms with E-state index >= 15 is 0 Å². The van der Waals surface area contributed by atoms with Crippen molar-refractivity contribution in [1.82, 2.24) is 5.32 Å². The van der Waals surface area contributed by atoms with Crippen LogP contribution in [-0.4, -0.2) is 13.2 Å². The highest BCUT2D eigenvalue weighted by Crippen LogP contribution is 2.20. The summed E-state index contributed by atoms with van der Waals surface area (Å²) in [5.74, 6) is 0.231. The van der Waals surface area contributed by atoms with E-state index in [0.717, 1.165) is 6.54 Å². The van der Waals surface area contributed by atoms with Crippen molar-refractivity contribution < 1.29 is 9.13 Å². The summed E-state index contributed by atoms with van der Waals surface area (Å²) in [6.45, 7) is 2.02. The molecule has 0 bridgehead atoms. The van der Waals surface area contributed by atoms with Crippen LogP contribution in [0.3, 0.4) is 0 Å². The van der Waals surface area contributed by atoms with E-state index in [1.807, 2.05) is 18.2 Å². The highest BCUT2D eigenvalue weighted by atomic mass is 79.9. The standard InChI is InChI=1S/C15H15BrFNO/c16-13-8-14(17)10-15(9-13)19-7-6-18-11-12-4-2-1-3-5-12/h1-5,8-10,18H,6-7,11H2. The summed E-state index contributed by atoms with van der Waals surface area (Å²) >= 11 is 3.23. The Morgan fingerprint density at radius 2 is 1.89 bits per heavy atom. The molecular weight excluding hydrogens is 309 g/mol. The van der Waals surface area contributed by atoms with Crippen molar-refractivity contribution >= 4 is 15.9 Å². The summed E-state index contributed by atoms with van der Waals surface area (Å²) in [4.78, 5) is 0. The van der Waals surface area contributed by atoms with E-state index in [1.165, 1.54) is 17.7 Å². The topological polar surface area (TPSA) is 21.3 Å². The van der Waals surface area contributed by atoms with Crippen molar-refractivity contribution in [2.75, 3.05) is 13.2 Å². The van der Waals surface area contributed by atoms with Crippen LogP contribution in [0.1, 0.15) is 5.56 Å². The molecule has 0 atom stereocenters. The van der Waals surface area contributed by atoms with E-state index in [0.29, 0.717) is 23.4 Å². The molecule has 0 fully saturated rings. The zero-order valence-electron chi connectivity index (χ0n) is 10.4. The number of halogens is 2. The van der Waals surface area contributed by atoms with Crippen LogP contribution >= 0.6 is 15.9 Å². The molecule has 0 amide bonds. The largest absolute Gasteiger partial charge is 0.492 e. The van der Waals surface area contributed by atoms with E-state index in [1.54, 1.807) is 6.07 Å². The molecule has 19 heavy (non-hydrogen) atoms. The molecule has 2 nitrogen and oxygen atoms in total. The Morgan fingerprint density at radius 3 is 2.63 bits per heavy atom. The quantitative estimate of drug-likeness (QED) is 0.817. The van der Waals surface area contributed by atoms with Gasteiger partial charge in [0.2, 0.25) is 0 Å². The number of hydrogen-bond acceptors (Lipinski definition) is 2. The highest BCUT2D eigenvalue weighted by Gasteiger charge is 1.99. The van der Waals surface area contributed by atoms with Crippen LogP contribution in [0.5, 0.6) is 5.75 Å². The minimum Gasteiger partial charge on any atom is -0.492 e. The van der Waals surface area contributed by atoms with Gasteiger partial charge in [0.05, 0.1) is 0 Å². The summed E-state index contributed by atoms with van der Waals surface area (Å²) < 4.78 is 19.3. The summed E-state index contributed by atoms with van der Waals surface area (Å²) in [6.07, 6.45) is 0. The first-order valence-electron chi connectivity index (χ1n) is 6.07. The predicted molar refractivity (Wildman–Crippen MR) is 77.7 cm³/mol. The number of nitrogens with one attached hydrogen (secondary N) is 1. The van der Waals surface area contributed by atoms with Gasteiger partial charge in [0.25, 0.3) is 0 Å². The monoisotopic (exact) mass is 323 g/mol. The van der Waals surface area contributed by atoms with Gasteiger partial charge in [0, 0.05) is 23.6 Å². The van der Waals surface area contributed by atoms with Crippen LogP contribution in [0.2, 0.25) is 0 Å². The van der Waals surface area contributed by atoms with Crippen LogP contribution in [0.4, 0.5) is 4.39 Å². The van der Waals surface area contributed by atoms with Gasteiger partial charge in [-0.15, -0.1) is 0 Å². The zero-order chi connectivity index (χ0) is 13.5. The molecule has 2 rings (SSSR count). The SMILES string of the molecule is Fc1cc(Br)cc(OCCNCc2ccccc2)c1. The average Bonchev–Trinajstić information content (AvgIpc) is 2.38. The minimum atomic E-state index is -0.304. The lowest BCUT2D eigenvalue weighted by atomic mass is 10.2. The van der Waals surface area contributed by atoms with Crippen LogP contribution in [0.15, 0.2) is 53.0 Å². The molecule has 0 radical (unpaired) electrons. The first-order chi connectivity index (χ1) is 9.24. The van der Waals surface area contributed by atoms with E-state index in [4.69, 9.17) is 4.74 Å². The van der Waals surface area contributed by atoms with Crippen molar-refractivity contribution in [3.05, 3.63) is 64.4 Å². The predicted octanol–water partition coefficient (Wildman–Crippen LogP) is 3.76. The molecule has 2 aromatic rings. The third-order valence-electron chi connectivity index (χ3n) is 2.56. The van der Waals surface area contributed by atoms with Crippen molar-refractivity contribution in [3.8, 4) is 5.75 Å². The van der Waals surface area contributed by atoms with Crippen molar-refractivity contribution in [2.24, 2.45) is 0 Å². The molecule has 0 saturated heterocycles. The van der Waals surface area contributed by atoms with Gasteiger partial charge >= 0.3 is 0 Å². The maximum atomic E-state index is 13.1. The molecule has 0 aliphatic heterocycles. The van der Waals surface area contributed by atoms with E-state index in [-0.39, 0.29) is 5.82 Å². The fourth-order valence-corrected chi connectivity index (χ4v) is 2.13. The van der Waals surface area contributed by atoms with Gasteiger partial charge in [-0.1, -0.05) is 46.3 Å². The molecule has 0 aliphatic carbocycles. The van der Waals surface area contributed by atoms with Crippen LogP contribution in [0, 0.1) is 5.82 Å². The fourth-order valence-electron chi connectivity index (χ4n) is 1.68. The Labute approximate surface area is 120 Å². The molecule has 0 aromatic heterocycles. The maximum absolute atomic E-state index is 13.1. The van der Waals surface area contributed by atoms with Crippen LogP contribution in [-0.2, 0) is 6.54 Å². The smallest absolute Gasteiger partial charge is 0.128 e. The molecule has 0 heterocycles. The van der Waals surface area contributed by atoms with Crippen molar-refractivity contribution in [1.29, 1.82) is 0 Å². The maximum Gasteiger partial charge on any atom is 0.128 e. The van der Waals surface area contributed by atoms with Crippen molar-refractivity contribution in [2.45, 2.75) is 6.54 Å². The third kappa shape index (κ3) is 5.01. The second-order valence-electron chi connectivity index (χ2n) is 4.12. The lowest BCUT2D eigenvalue weighted by Gasteiger charge is -2.08. The summed E-state index contributed by atoms with van der Waals surface area (Å²) in [7, 11) is 0. The third-order valence-corrected chi connectivity index (χ3v) is 3.01. The van der Waals surface area contributed by atoms with Crippen LogP contribution < -0.4 is 10.1 Å². The van der Waals surface area contributed by atoms with Crippen LogP contribution in [0.25, 0.3) is 0 Å². The minimum absolute atomic E-state index is 0.304. The Kier molecular flexibility index (Phi) is 5.36. The number of rotatable bonds is 6. The summed E-state index contributed by atoms with van der Waals surface area (Å²) in [6, 6.07) is 14.7. The number of hydrogen-bond donors (Lipinski definition) is 1. The molecule has 2 aromatic carbocycles. The van der Waals surface area contributed by atoms with E-state index < -0.39 is 0 Å². The molecule has 4 heteroatoms. The van der Waals surface area contributed by atoms with E-state index in [2.05, 4.69) is 33.4 Å². The van der Waals surface area contributed by atoms with Gasteiger partial charge in [-0.3, -0.25) is 0 Å². The molecular formula is C15H15BrFNO. The lowest BCUT2D eigenvalue weighted by molar-refractivity contribution is 0.312. The second kappa shape index (κ2) is 7.26. The number of ether oxygens (including phenoxy) is 1. The molecule has 0 spiro atoms. The normalized spacial score (nSPS) is 10.4. The van der Waals surface area contributed by atoms with E-state index in [9.17, 15) is 4.39 Å². The first-order valence-corrected chi connectivity index (χ1v) is 6.87. The average molecular weight is 324 g/mol. The van der Waals surface area contributed by atoms with Gasteiger partial charge in [0.15, 0.2) is 0 Å². The number of benzene rings is 2. The molecule has 1 N–H and O–H groups in total. The van der Waals surface area contributed by atoms with Gasteiger partial charge in [-0.25, -0.2) is 4.39 Å². The summed E-state index contributed by atoms with van der Waals surface area (Å²) in [5.41, 5.74) is 1.23. The lowest BCUT2D eigenvalue weighted by Crippen LogP contribution is -2.20.